The van der Waals surface area contributed by atoms with Gasteiger partial charge in [-0.2, -0.15) is 0 Å². The van der Waals surface area contributed by atoms with E-state index < -0.39 is 5.97 Å². The molecule has 98 valence electrons. The lowest BCUT2D eigenvalue weighted by Gasteiger charge is -2.32. The third-order valence-electron chi connectivity index (χ3n) is 3.15. The van der Waals surface area contributed by atoms with Gasteiger partial charge in [0.05, 0.1) is 12.2 Å². The highest BCUT2D eigenvalue weighted by molar-refractivity contribution is 5.93. The van der Waals surface area contributed by atoms with Gasteiger partial charge in [0.1, 0.15) is 12.2 Å². The Hall–Kier alpha value is -1.71. The summed E-state index contributed by atoms with van der Waals surface area (Å²) in [6, 6.07) is 5.30. The fourth-order valence-electron chi connectivity index (χ4n) is 2.12. The topological polar surface area (TPSA) is 49.8 Å². The molecule has 0 unspecified atom stereocenters. The number of para-hydroxylation sites is 1. The van der Waals surface area contributed by atoms with Crippen molar-refractivity contribution in [2.75, 3.05) is 24.6 Å². The minimum atomic E-state index is -0.933. The van der Waals surface area contributed by atoms with Crippen LogP contribution in [0, 0.1) is 5.92 Å². The van der Waals surface area contributed by atoms with Gasteiger partial charge in [0.25, 0.3) is 0 Å². The number of fused-ring (bicyclic) bond motifs is 1. The van der Waals surface area contributed by atoms with Crippen molar-refractivity contribution in [1.29, 1.82) is 0 Å². The van der Waals surface area contributed by atoms with Crippen molar-refractivity contribution in [3.05, 3.63) is 23.8 Å². The van der Waals surface area contributed by atoms with Gasteiger partial charge in [-0.3, -0.25) is 0 Å². The molecule has 1 aliphatic rings. The molecule has 1 aliphatic heterocycles. The summed E-state index contributed by atoms with van der Waals surface area (Å²) in [4.78, 5) is 13.4. The first-order valence-electron chi connectivity index (χ1n) is 6.33. The molecule has 1 aromatic rings. The van der Waals surface area contributed by atoms with Gasteiger partial charge >= 0.3 is 5.97 Å². The highest BCUT2D eigenvalue weighted by Gasteiger charge is 2.23. The maximum absolute atomic E-state index is 11.1. The van der Waals surface area contributed by atoms with Crippen LogP contribution in [0.5, 0.6) is 5.75 Å². The summed E-state index contributed by atoms with van der Waals surface area (Å²) in [7, 11) is 0. The first kappa shape index (κ1) is 12.7. The van der Waals surface area contributed by atoms with E-state index in [4.69, 9.17) is 9.84 Å². The molecule has 0 saturated carbocycles. The number of carboxylic acid groups (broad SMARTS) is 1. The molecule has 0 fully saturated rings. The fourth-order valence-corrected chi connectivity index (χ4v) is 2.12. The second kappa shape index (κ2) is 5.29. The molecule has 4 nitrogen and oxygen atoms in total. The standard InChI is InChI=1S/C14H19NO3/c1-10(2)6-7-15-8-9-18-13-11(14(16)17)4-3-5-12(13)15/h3-5,10H,6-9H2,1-2H3,(H,16,17). The Morgan fingerprint density at radius 1 is 1.50 bits per heavy atom. The molecule has 0 aromatic heterocycles. The van der Waals surface area contributed by atoms with E-state index in [-0.39, 0.29) is 5.56 Å². The van der Waals surface area contributed by atoms with Crippen LogP contribution in [0.25, 0.3) is 0 Å². The highest BCUT2D eigenvalue weighted by Crippen LogP contribution is 2.35. The third-order valence-corrected chi connectivity index (χ3v) is 3.15. The summed E-state index contributed by atoms with van der Waals surface area (Å²) in [5, 5.41) is 9.15. The second-order valence-corrected chi connectivity index (χ2v) is 4.98. The maximum atomic E-state index is 11.1. The maximum Gasteiger partial charge on any atom is 0.339 e. The van der Waals surface area contributed by atoms with E-state index in [1.54, 1.807) is 12.1 Å². The fraction of sp³-hybridized carbons (Fsp3) is 0.500. The largest absolute Gasteiger partial charge is 0.489 e. The van der Waals surface area contributed by atoms with Gasteiger partial charge in [-0.05, 0) is 24.5 Å². The number of carboxylic acids is 1. The summed E-state index contributed by atoms with van der Waals surface area (Å²) in [5.41, 5.74) is 1.16. The van der Waals surface area contributed by atoms with Crippen LogP contribution >= 0.6 is 0 Å². The Morgan fingerprint density at radius 2 is 2.28 bits per heavy atom. The Balaban J connectivity index is 2.26. The summed E-state index contributed by atoms with van der Waals surface area (Å²) < 4.78 is 5.53. The Labute approximate surface area is 107 Å². The number of carbonyl (C=O) groups is 1. The highest BCUT2D eigenvalue weighted by atomic mass is 16.5. The lowest BCUT2D eigenvalue weighted by Crippen LogP contribution is -2.34. The molecule has 1 heterocycles. The zero-order chi connectivity index (χ0) is 13.1. The summed E-state index contributed by atoms with van der Waals surface area (Å²) >= 11 is 0. The second-order valence-electron chi connectivity index (χ2n) is 4.98. The SMILES string of the molecule is CC(C)CCN1CCOc2c(C(=O)O)cccc21. The van der Waals surface area contributed by atoms with Crippen molar-refractivity contribution in [2.45, 2.75) is 20.3 Å². The predicted molar refractivity (Wildman–Crippen MR) is 70.6 cm³/mol. The average molecular weight is 249 g/mol. The number of hydrogen-bond donors (Lipinski definition) is 1. The van der Waals surface area contributed by atoms with Crippen molar-refractivity contribution < 1.29 is 14.6 Å². The van der Waals surface area contributed by atoms with Crippen molar-refractivity contribution >= 4 is 11.7 Å². The minimum Gasteiger partial charge on any atom is -0.489 e. The number of nitrogens with zero attached hydrogens (tertiary/aromatic N) is 1. The van der Waals surface area contributed by atoms with E-state index in [1.807, 2.05) is 6.07 Å². The summed E-state index contributed by atoms with van der Waals surface area (Å²) in [6.07, 6.45) is 1.09. The van der Waals surface area contributed by atoms with E-state index >= 15 is 0 Å². The number of aromatic carboxylic acids is 1. The van der Waals surface area contributed by atoms with Crippen LogP contribution in [0.15, 0.2) is 18.2 Å². The van der Waals surface area contributed by atoms with Crippen molar-refractivity contribution in [1.82, 2.24) is 0 Å². The van der Waals surface area contributed by atoms with Crippen molar-refractivity contribution in [2.24, 2.45) is 5.92 Å². The molecule has 1 aromatic carbocycles. The lowest BCUT2D eigenvalue weighted by molar-refractivity contribution is 0.0692. The van der Waals surface area contributed by atoms with Crippen LogP contribution < -0.4 is 9.64 Å². The summed E-state index contributed by atoms with van der Waals surface area (Å²) in [6.45, 7) is 6.69. The van der Waals surface area contributed by atoms with E-state index in [0.29, 0.717) is 18.3 Å². The van der Waals surface area contributed by atoms with Crippen LogP contribution in [0.2, 0.25) is 0 Å². The van der Waals surface area contributed by atoms with Crippen LogP contribution in [0.3, 0.4) is 0 Å². The number of ether oxygens (including phenoxy) is 1. The molecule has 2 rings (SSSR count). The molecular formula is C14H19NO3. The Morgan fingerprint density at radius 3 is 2.94 bits per heavy atom. The molecule has 0 saturated heterocycles. The normalized spacial score (nSPS) is 14.3. The smallest absolute Gasteiger partial charge is 0.339 e. The number of anilines is 1. The van der Waals surface area contributed by atoms with Crippen LogP contribution in [-0.4, -0.2) is 30.8 Å². The zero-order valence-corrected chi connectivity index (χ0v) is 10.8. The van der Waals surface area contributed by atoms with Gasteiger partial charge in [0.2, 0.25) is 0 Å². The first-order chi connectivity index (χ1) is 8.59. The van der Waals surface area contributed by atoms with Gasteiger partial charge in [0.15, 0.2) is 5.75 Å². The number of benzene rings is 1. The molecule has 0 aliphatic carbocycles. The molecule has 0 spiro atoms. The Kier molecular flexibility index (Phi) is 3.75. The molecule has 0 radical (unpaired) electrons. The quantitative estimate of drug-likeness (QED) is 0.891. The predicted octanol–water partition coefficient (Wildman–Crippen LogP) is 2.63. The van der Waals surface area contributed by atoms with Gasteiger partial charge < -0.3 is 14.7 Å². The van der Waals surface area contributed by atoms with Gasteiger partial charge in [0, 0.05) is 6.54 Å². The van der Waals surface area contributed by atoms with Crippen molar-refractivity contribution in [3.8, 4) is 5.75 Å². The van der Waals surface area contributed by atoms with E-state index in [1.165, 1.54) is 0 Å². The molecular weight excluding hydrogens is 230 g/mol. The molecule has 0 bridgehead atoms. The van der Waals surface area contributed by atoms with Gasteiger partial charge in [-0.25, -0.2) is 4.79 Å². The third kappa shape index (κ3) is 2.58. The number of hydrogen-bond acceptors (Lipinski definition) is 3. The lowest BCUT2D eigenvalue weighted by atomic mass is 10.1. The first-order valence-corrected chi connectivity index (χ1v) is 6.33. The van der Waals surface area contributed by atoms with Crippen LogP contribution in [-0.2, 0) is 0 Å². The minimum absolute atomic E-state index is 0.252. The van der Waals surface area contributed by atoms with Crippen LogP contribution in [0.4, 0.5) is 5.69 Å². The van der Waals surface area contributed by atoms with E-state index in [2.05, 4.69) is 18.7 Å². The van der Waals surface area contributed by atoms with Crippen LogP contribution in [0.1, 0.15) is 30.6 Å². The average Bonchev–Trinajstić information content (AvgIpc) is 2.35. The molecule has 0 atom stereocenters. The molecule has 1 N–H and O–H groups in total. The van der Waals surface area contributed by atoms with Crippen molar-refractivity contribution in [3.63, 3.8) is 0 Å². The molecule has 18 heavy (non-hydrogen) atoms. The monoisotopic (exact) mass is 249 g/mol. The summed E-state index contributed by atoms with van der Waals surface area (Å²) in [5.74, 6) is 0.219. The molecule has 4 heteroatoms. The molecule has 0 amide bonds. The van der Waals surface area contributed by atoms with E-state index in [0.717, 1.165) is 25.2 Å². The van der Waals surface area contributed by atoms with Gasteiger partial charge in [-0.15, -0.1) is 0 Å². The Bertz CT molecular complexity index is 443. The van der Waals surface area contributed by atoms with Gasteiger partial charge in [-0.1, -0.05) is 19.9 Å². The van der Waals surface area contributed by atoms with E-state index in [9.17, 15) is 4.79 Å². The zero-order valence-electron chi connectivity index (χ0n) is 10.8. The number of rotatable bonds is 4.